The van der Waals surface area contributed by atoms with Crippen LogP contribution in [0.5, 0.6) is 5.75 Å². The SMILES string of the molecule is CC(=NOCC(C)(C)O)c1cccc(OCc2ccc(CO)c(CO)c2)c1. The molecule has 0 spiro atoms. The van der Waals surface area contributed by atoms with Crippen molar-refractivity contribution in [3.8, 4) is 5.75 Å². The van der Waals surface area contributed by atoms with Gasteiger partial charge in [-0.3, -0.25) is 0 Å². The first-order valence-electron chi connectivity index (χ1n) is 8.77. The third-order valence-electron chi connectivity index (χ3n) is 3.89. The lowest BCUT2D eigenvalue weighted by molar-refractivity contribution is -0.0189. The van der Waals surface area contributed by atoms with Gasteiger partial charge >= 0.3 is 0 Å². The van der Waals surface area contributed by atoms with Crippen molar-refractivity contribution >= 4 is 5.71 Å². The Hall–Kier alpha value is -2.41. The summed E-state index contributed by atoms with van der Waals surface area (Å²) in [5, 5.41) is 32.3. The first-order chi connectivity index (χ1) is 12.8. The number of hydrogen-bond acceptors (Lipinski definition) is 6. The van der Waals surface area contributed by atoms with Crippen molar-refractivity contribution in [2.45, 2.75) is 46.2 Å². The molecule has 2 aromatic carbocycles. The Bertz CT molecular complexity index is 780. The molecule has 146 valence electrons. The van der Waals surface area contributed by atoms with Gasteiger partial charge in [-0.1, -0.05) is 29.4 Å². The summed E-state index contributed by atoms with van der Waals surface area (Å²) in [6.45, 7) is 5.35. The molecule has 0 aliphatic rings. The van der Waals surface area contributed by atoms with E-state index in [2.05, 4.69) is 5.16 Å². The van der Waals surface area contributed by atoms with E-state index in [-0.39, 0.29) is 19.8 Å². The van der Waals surface area contributed by atoms with Gasteiger partial charge in [0.05, 0.1) is 24.5 Å². The zero-order chi connectivity index (χ0) is 19.9. The van der Waals surface area contributed by atoms with Gasteiger partial charge in [-0.25, -0.2) is 0 Å². The number of aliphatic hydroxyl groups is 3. The molecule has 0 atom stereocenters. The van der Waals surface area contributed by atoms with Crippen LogP contribution in [0.25, 0.3) is 0 Å². The number of oxime groups is 1. The summed E-state index contributed by atoms with van der Waals surface area (Å²) >= 11 is 0. The molecule has 0 heterocycles. The van der Waals surface area contributed by atoms with Gasteiger partial charge in [0.15, 0.2) is 0 Å². The molecule has 27 heavy (non-hydrogen) atoms. The Morgan fingerprint density at radius 3 is 2.44 bits per heavy atom. The minimum absolute atomic E-state index is 0.104. The quantitative estimate of drug-likeness (QED) is 0.464. The summed E-state index contributed by atoms with van der Waals surface area (Å²) in [5.41, 5.74) is 2.91. The van der Waals surface area contributed by atoms with Crippen LogP contribution >= 0.6 is 0 Å². The molecule has 0 amide bonds. The van der Waals surface area contributed by atoms with Crippen molar-refractivity contribution in [1.82, 2.24) is 0 Å². The van der Waals surface area contributed by atoms with Gasteiger partial charge in [0, 0.05) is 5.56 Å². The molecule has 2 rings (SSSR count). The second-order valence-corrected chi connectivity index (χ2v) is 7.00. The molecule has 0 saturated carbocycles. The third-order valence-corrected chi connectivity index (χ3v) is 3.89. The van der Waals surface area contributed by atoms with Crippen molar-refractivity contribution in [3.63, 3.8) is 0 Å². The van der Waals surface area contributed by atoms with Gasteiger partial charge in [-0.15, -0.1) is 0 Å². The van der Waals surface area contributed by atoms with E-state index in [4.69, 9.17) is 9.57 Å². The summed E-state index contributed by atoms with van der Waals surface area (Å²) in [6.07, 6.45) is 0. The smallest absolute Gasteiger partial charge is 0.145 e. The second-order valence-electron chi connectivity index (χ2n) is 7.00. The number of ether oxygens (including phenoxy) is 1. The lowest BCUT2D eigenvalue weighted by atomic mass is 10.1. The molecule has 0 aromatic heterocycles. The predicted molar refractivity (Wildman–Crippen MR) is 104 cm³/mol. The van der Waals surface area contributed by atoms with Crippen LogP contribution in [-0.2, 0) is 24.7 Å². The summed E-state index contributed by atoms with van der Waals surface area (Å²) in [6, 6.07) is 13.0. The van der Waals surface area contributed by atoms with Gasteiger partial charge < -0.3 is 24.9 Å². The summed E-state index contributed by atoms with van der Waals surface area (Å²) in [4.78, 5) is 5.18. The van der Waals surface area contributed by atoms with Crippen LogP contribution in [0.15, 0.2) is 47.6 Å². The topological polar surface area (TPSA) is 91.5 Å². The molecular formula is C21H27NO5. The van der Waals surface area contributed by atoms with E-state index in [1.165, 1.54) is 0 Å². The van der Waals surface area contributed by atoms with Crippen molar-refractivity contribution < 1.29 is 24.9 Å². The normalized spacial score (nSPS) is 12.1. The van der Waals surface area contributed by atoms with E-state index in [1.807, 2.05) is 43.3 Å². The van der Waals surface area contributed by atoms with Gasteiger partial charge in [0.2, 0.25) is 0 Å². The first kappa shape index (κ1) is 20.9. The fourth-order valence-corrected chi connectivity index (χ4v) is 2.39. The van der Waals surface area contributed by atoms with Gasteiger partial charge in [-0.05, 0) is 55.7 Å². The summed E-state index contributed by atoms with van der Waals surface area (Å²) in [5.74, 6) is 0.682. The first-order valence-corrected chi connectivity index (χ1v) is 8.77. The number of benzene rings is 2. The Kier molecular flexibility index (Phi) is 7.36. The molecule has 0 bridgehead atoms. The molecule has 6 nitrogen and oxygen atoms in total. The van der Waals surface area contributed by atoms with Gasteiger partial charge in [0.1, 0.15) is 19.0 Å². The van der Waals surface area contributed by atoms with Crippen molar-refractivity contribution in [2.24, 2.45) is 5.16 Å². The molecule has 0 radical (unpaired) electrons. The van der Waals surface area contributed by atoms with Crippen molar-refractivity contribution in [2.75, 3.05) is 6.61 Å². The monoisotopic (exact) mass is 373 g/mol. The molecule has 0 aliphatic heterocycles. The average molecular weight is 373 g/mol. The summed E-state index contributed by atoms with van der Waals surface area (Å²) < 4.78 is 5.83. The zero-order valence-electron chi connectivity index (χ0n) is 16.0. The minimum Gasteiger partial charge on any atom is -0.489 e. The lowest BCUT2D eigenvalue weighted by Gasteiger charge is -2.15. The van der Waals surface area contributed by atoms with E-state index >= 15 is 0 Å². The number of aliphatic hydroxyl groups excluding tert-OH is 2. The minimum atomic E-state index is -0.937. The molecule has 0 aliphatic carbocycles. The maximum absolute atomic E-state index is 9.65. The van der Waals surface area contributed by atoms with E-state index in [0.29, 0.717) is 29.2 Å². The van der Waals surface area contributed by atoms with E-state index in [0.717, 1.165) is 11.1 Å². The number of rotatable bonds is 9. The average Bonchev–Trinajstić information content (AvgIpc) is 2.65. The highest BCUT2D eigenvalue weighted by molar-refractivity contribution is 5.98. The van der Waals surface area contributed by atoms with Crippen LogP contribution < -0.4 is 4.74 Å². The molecule has 0 fully saturated rings. The van der Waals surface area contributed by atoms with E-state index in [1.54, 1.807) is 19.9 Å². The molecule has 0 saturated heterocycles. The van der Waals surface area contributed by atoms with Crippen LogP contribution in [-0.4, -0.2) is 33.2 Å². The Balaban J connectivity index is 2.02. The molecule has 0 unspecified atom stereocenters. The zero-order valence-corrected chi connectivity index (χ0v) is 16.0. The van der Waals surface area contributed by atoms with Gasteiger partial charge in [0.25, 0.3) is 0 Å². The molecule has 6 heteroatoms. The highest BCUT2D eigenvalue weighted by atomic mass is 16.6. The van der Waals surface area contributed by atoms with Crippen molar-refractivity contribution in [1.29, 1.82) is 0 Å². The largest absolute Gasteiger partial charge is 0.489 e. The molecule has 2 aromatic rings. The Labute approximate surface area is 159 Å². The van der Waals surface area contributed by atoms with Crippen molar-refractivity contribution in [3.05, 3.63) is 64.7 Å². The summed E-state index contributed by atoms with van der Waals surface area (Å²) in [7, 11) is 0. The maximum atomic E-state index is 9.65. The second kappa shape index (κ2) is 9.50. The predicted octanol–water partition coefficient (Wildman–Crippen LogP) is 2.76. The molecule has 3 N–H and O–H groups in total. The Morgan fingerprint density at radius 2 is 1.78 bits per heavy atom. The fourth-order valence-electron chi connectivity index (χ4n) is 2.39. The molecular weight excluding hydrogens is 346 g/mol. The van der Waals surface area contributed by atoms with E-state index in [9.17, 15) is 15.3 Å². The van der Waals surface area contributed by atoms with Crippen LogP contribution in [0, 0.1) is 0 Å². The highest BCUT2D eigenvalue weighted by Crippen LogP contribution is 2.18. The standard InChI is InChI=1S/C21H27NO5/c1-15(22-27-14-21(2,3)25)17-5-4-6-20(10-17)26-13-16-7-8-18(11-23)19(9-16)12-24/h4-10,23-25H,11-14H2,1-3H3. The number of nitrogens with zero attached hydrogens (tertiary/aromatic N) is 1. The van der Waals surface area contributed by atoms with Crippen LogP contribution in [0.4, 0.5) is 0 Å². The Morgan fingerprint density at radius 1 is 1.04 bits per heavy atom. The van der Waals surface area contributed by atoms with Crippen LogP contribution in [0.2, 0.25) is 0 Å². The fraction of sp³-hybridized carbons (Fsp3) is 0.381. The number of hydrogen-bond donors (Lipinski definition) is 3. The maximum Gasteiger partial charge on any atom is 0.145 e. The lowest BCUT2D eigenvalue weighted by Crippen LogP contribution is -2.25. The highest BCUT2D eigenvalue weighted by Gasteiger charge is 2.13. The van der Waals surface area contributed by atoms with E-state index < -0.39 is 5.60 Å². The third kappa shape index (κ3) is 6.67. The van der Waals surface area contributed by atoms with Gasteiger partial charge in [-0.2, -0.15) is 0 Å². The van der Waals surface area contributed by atoms with Crippen LogP contribution in [0.3, 0.4) is 0 Å². The van der Waals surface area contributed by atoms with Crippen LogP contribution in [0.1, 0.15) is 43.0 Å².